The van der Waals surface area contributed by atoms with Crippen LogP contribution in [0.25, 0.3) is 0 Å². The van der Waals surface area contributed by atoms with Gasteiger partial charge in [-0.2, -0.15) is 0 Å². The molecule has 2 amide bonds. The molecule has 6 nitrogen and oxygen atoms in total. The first-order chi connectivity index (χ1) is 6.02. The van der Waals surface area contributed by atoms with Gasteiger partial charge in [0.1, 0.15) is 6.54 Å². The Balaban J connectivity index is 0.00000169. The number of imide groups is 1. The van der Waals surface area contributed by atoms with Crippen molar-refractivity contribution in [1.82, 2.24) is 10.0 Å². The van der Waals surface area contributed by atoms with Crippen molar-refractivity contribution in [2.45, 2.75) is 12.8 Å². The number of carboxylic acid groups (broad SMARTS) is 1. The van der Waals surface area contributed by atoms with Gasteiger partial charge in [0.05, 0.1) is 0 Å². The minimum Gasteiger partial charge on any atom is -0.480 e. The molecule has 0 atom stereocenters. The summed E-state index contributed by atoms with van der Waals surface area (Å²) in [6.07, 6.45) is 0.339. The number of nitrogens with zero attached hydrogens (tertiary/aromatic N) is 2. The second kappa shape index (κ2) is 4.92. The monoisotopic (exact) mass is 222 g/mol. The van der Waals surface area contributed by atoms with Gasteiger partial charge in [0.15, 0.2) is 0 Å². The first-order valence-corrected chi connectivity index (χ1v) is 3.81. The number of amides is 2. The minimum absolute atomic E-state index is 0. The highest BCUT2D eigenvalue weighted by Crippen LogP contribution is 2.12. The van der Waals surface area contributed by atoms with Crippen LogP contribution in [-0.2, 0) is 14.4 Å². The molecule has 0 aliphatic carbocycles. The number of hydrogen-bond donors (Lipinski definition) is 1. The highest BCUT2D eigenvalue weighted by molar-refractivity contribution is 6.01. The number of halogens is 1. The average molecular weight is 223 g/mol. The van der Waals surface area contributed by atoms with Gasteiger partial charge in [-0.25, -0.2) is 10.0 Å². The maximum atomic E-state index is 11.1. The highest BCUT2D eigenvalue weighted by Gasteiger charge is 2.32. The van der Waals surface area contributed by atoms with Crippen LogP contribution >= 0.6 is 12.4 Å². The van der Waals surface area contributed by atoms with Crippen molar-refractivity contribution >= 4 is 30.2 Å². The molecule has 80 valence electrons. The summed E-state index contributed by atoms with van der Waals surface area (Å²) >= 11 is 0. The zero-order valence-corrected chi connectivity index (χ0v) is 8.41. The molecule has 1 fully saturated rings. The summed E-state index contributed by atoms with van der Waals surface area (Å²) in [7, 11) is 1.40. The minimum atomic E-state index is -1.07. The molecule has 1 heterocycles. The van der Waals surface area contributed by atoms with Crippen molar-refractivity contribution in [1.29, 1.82) is 0 Å². The van der Waals surface area contributed by atoms with Crippen molar-refractivity contribution in [3.63, 3.8) is 0 Å². The number of carboxylic acids is 1. The predicted molar refractivity (Wildman–Crippen MR) is 48.6 cm³/mol. The summed E-state index contributed by atoms with van der Waals surface area (Å²) in [6.45, 7) is -0.350. The molecular weight excluding hydrogens is 212 g/mol. The molecular formula is C7H11ClN2O4. The van der Waals surface area contributed by atoms with Crippen LogP contribution in [0.2, 0.25) is 0 Å². The van der Waals surface area contributed by atoms with Crippen molar-refractivity contribution in [3.8, 4) is 0 Å². The zero-order chi connectivity index (χ0) is 10.0. The number of carbonyl (C=O) groups excluding carboxylic acids is 2. The van der Waals surface area contributed by atoms with Gasteiger partial charge < -0.3 is 5.11 Å². The molecule has 1 saturated heterocycles. The number of likely N-dealkylation sites (N-methyl/N-ethyl adjacent to an activating group) is 1. The summed E-state index contributed by atoms with van der Waals surface area (Å²) in [5.74, 6) is -1.75. The topological polar surface area (TPSA) is 77.9 Å². The number of hydrogen-bond acceptors (Lipinski definition) is 4. The Labute approximate surface area is 86.8 Å². The molecule has 0 radical (unpaired) electrons. The number of hydrazine groups is 1. The average Bonchev–Trinajstić information content (AvgIpc) is 2.29. The Morgan fingerprint density at radius 2 is 1.86 bits per heavy atom. The van der Waals surface area contributed by atoms with Crippen molar-refractivity contribution in [3.05, 3.63) is 0 Å². The van der Waals surface area contributed by atoms with E-state index in [1.807, 2.05) is 0 Å². The van der Waals surface area contributed by atoms with E-state index in [9.17, 15) is 14.4 Å². The maximum Gasteiger partial charge on any atom is 0.319 e. The van der Waals surface area contributed by atoms with Crippen molar-refractivity contribution in [2.24, 2.45) is 0 Å². The molecule has 0 spiro atoms. The lowest BCUT2D eigenvalue weighted by molar-refractivity contribution is -0.158. The quantitative estimate of drug-likeness (QED) is 0.651. The third kappa shape index (κ3) is 2.68. The van der Waals surface area contributed by atoms with Gasteiger partial charge in [-0.3, -0.25) is 14.4 Å². The van der Waals surface area contributed by atoms with Gasteiger partial charge >= 0.3 is 5.97 Å². The van der Waals surface area contributed by atoms with E-state index in [1.165, 1.54) is 7.05 Å². The molecule has 1 aliphatic heterocycles. The lowest BCUT2D eigenvalue weighted by Gasteiger charge is -2.23. The Morgan fingerprint density at radius 3 is 2.21 bits per heavy atom. The summed E-state index contributed by atoms with van der Waals surface area (Å²) < 4.78 is 0. The van der Waals surface area contributed by atoms with Crippen LogP contribution in [0.3, 0.4) is 0 Å². The Bertz CT molecular complexity index is 252. The maximum absolute atomic E-state index is 11.1. The molecule has 7 heteroatoms. The summed E-state index contributed by atoms with van der Waals surface area (Å²) in [4.78, 5) is 32.4. The second-order valence-electron chi connectivity index (χ2n) is 2.81. The summed E-state index contributed by atoms with van der Waals surface area (Å²) in [6, 6.07) is 0. The third-order valence-corrected chi connectivity index (χ3v) is 1.73. The van der Waals surface area contributed by atoms with E-state index in [0.717, 1.165) is 10.0 Å². The second-order valence-corrected chi connectivity index (χ2v) is 2.81. The Kier molecular flexibility index (Phi) is 4.52. The number of rotatable bonds is 3. The van der Waals surface area contributed by atoms with Gasteiger partial charge in [-0.1, -0.05) is 0 Å². The smallest absolute Gasteiger partial charge is 0.319 e. The molecule has 0 aromatic carbocycles. The van der Waals surface area contributed by atoms with Crippen molar-refractivity contribution < 1.29 is 19.5 Å². The number of aliphatic carboxylic acids is 1. The standard InChI is InChI=1S/C7H10N2O4.ClH/c1-8(4-7(12)13)9-5(10)2-3-6(9)11;/h2-4H2,1H3,(H,12,13);1H. The summed E-state index contributed by atoms with van der Waals surface area (Å²) in [5, 5.41) is 10.4. The molecule has 0 unspecified atom stereocenters. The first-order valence-electron chi connectivity index (χ1n) is 3.81. The highest BCUT2D eigenvalue weighted by atomic mass is 35.5. The molecule has 14 heavy (non-hydrogen) atoms. The van der Waals surface area contributed by atoms with Gasteiger partial charge in [0.25, 0.3) is 0 Å². The fourth-order valence-electron chi connectivity index (χ4n) is 1.21. The molecule has 0 saturated carbocycles. The van der Waals surface area contributed by atoms with E-state index in [4.69, 9.17) is 5.11 Å². The van der Waals surface area contributed by atoms with Gasteiger partial charge in [0.2, 0.25) is 11.8 Å². The van der Waals surface area contributed by atoms with E-state index >= 15 is 0 Å². The first kappa shape index (κ1) is 12.9. The fourth-order valence-corrected chi connectivity index (χ4v) is 1.21. The van der Waals surface area contributed by atoms with Crippen LogP contribution in [-0.4, -0.2) is 46.5 Å². The fraction of sp³-hybridized carbons (Fsp3) is 0.571. The van der Waals surface area contributed by atoms with Gasteiger partial charge in [0, 0.05) is 19.9 Å². The van der Waals surface area contributed by atoms with E-state index in [0.29, 0.717) is 0 Å². The van der Waals surface area contributed by atoms with E-state index < -0.39 is 5.97 Å². The van der Waals surface area contributed by atoms with Crippen LogP contribution < -0.4 is 0 Å². The van der Waals surface area contributed by atoms with Gasteiger partial charge in [-0.05, 0) is 0 Å². The van der Waals surface area contributed by atoms with Crippen LogP contribution in [0.5, 0.6) is 0 Å². The molecule has 1 rings (SSSR count). The number of carbonyl (C=O) groups is 3. The Morgan fingerprint density at radius 1 is 1.43 bits per heavy atom. The third-order valence-electron chi connectivity index (χ3n) is 1.73. The molecule has 0 aromatic rings. The largest absolute Gasteiger partial charge is 0.480 e. The molecule has 1 N–H and O–H groups in total. The normalized spacial score (nSPS) is 16.0. The summed E-state index contributed by atoms with van der Waals surface area (Å²) in [5.41, 5.74) is 0. The SMILES string of the molecule is CN(CC(=O)O)N1C(=O)CCC1=O.Cl. The van der Waals surface area contributed by atoms with Gasteiger partial charge in [-0.15, -0.1) is 12.4 Å². The van der Waals surface area contributed by atoms with E-state index in [-0.39, 0.29) is 43.6 Å². The van der Waals surface area contributed by atoms with Crippen molar-refractivity contribution in [2.75, 3.05) is 13.6 Å². The molecule has 0 bridgehead atoms. The van der Waals surface area contributed by atoms with Crippen LogP contribution in [0, 0.1) is 0 Å². The molecule has 0 aromatic heterocycles. The predicted octanol–water partition coefficient (Wildman–Crippen LogP) is -0.511. The van der Waals surface area contributed by atoms with Crippen LogP contribution in [0.1, 0.15) is 12.8 Å². The van der Waals surface area contributed by atoms with E-state index in [2.05, 4.69) is 0 Å². The Hall–Kier alpha value is -1.14. The lowest BCUT2D eigenvalue weighted by atomic mass is 10.4. The van der Waals surface area contributed by atoms with Crippen LogP contribution in [0.15, 0.2) is 0 Å². The molecule has 1 aliphatic rings. The van der Waals surface area contributed by atoms with E-state index in [1.54, 1.807) is 0 Å². The van der Waals surface area contributed by atoms with Crippen LogP contribution in [0.4, 0.5) is 0 Å². The lowest BCUT2D eigenvalue weighted by Crippen LogP contribution is -2.45. The zero-order valence-electron chi connectivity index (χ0n) is 7.60.